The van der Waals surface area contributed by atoms with Crippen LogP contribution in [0, 0.1) is 47.3 Å². The SMILES string of the molecule is CC1CCC(C#CC2CCC(C3CCC(C)CC3)CC2)CC1. The van der Waals surface area contributed by atoms with Crippen LogP contribution < -0.4 is 0 Å². The molecule has 3 saturated carbocycles. The van der Waals surface area contributed by atoms with Crippen LogP contribution in [0.5, 0.6) is 0 Å². The minimum atomic E-state index is 0.730. The Balaban J connectivity index is 1.40. The third-order valence-electron chi connectivity index (χ3n) is 7.01. The van der Waals surface area contributed by atoms with Gasteiger partial charge in [0.2, 0.25) is 0 Å². The van der Waals surface area contributed by atoms with Crippen molar-refractivity contribution in [3.8, 4) is 11.8 Å². The van der Waals surface area contributed by atoms with Gasteiger partial charge in [-0.15, -0.1) is 0 Å². The van der Waals surface area contributed by atoms with Crippen molar-refractivity contribution in [1.82, 2.24) is 0 Å². The van der Waals surface area contributed by atoms with Crippen LogP contribution in [-0.4, -0.2) is 0 Å². The minimum Gasteiger partial charge on any atom is -0.0996 e. The first-order valence-corrected chi connectivity index (χ1v) is 10.2. The molecule has 3 aliphatic rings. The van der Waals surface area contributed by atoms with E-state index < -0.39 is 0 Å². The highest BCUT2D eigenvalue weighted by molar-refractivity contribution is 5.09. The van der Waals surface area contributed by atoms with Crippen LogP contribution >= 0.6 is 0 Å². The molecule has 22 heavy (non-hydrogen) atoms. The lowest BCUT2D eigenvalue weighted by Crippen LogP contribution is -2.25. The number of rotatable bonds is 1. The van der Waals surface area contributed by atoms with Crippen molar-refractivity contribution in [2.24, 2.45) is 35.5 Å². The summed E-state index contributed by atoms with van der Waals surface area (Å²) in [6.45, 7) is 4.84. The van der Waals surface area contributed by atoms with E-state index in [9.17, 15) is 0 Å². The maximum Gasteiger partial charge on any atom is 0.0203 e. The highest BCUT2D eigenvalue weighted by Gasteiger charge is 2.29. The highest BCUT2D eigenvalue weighted by Crippen LogP contribution is 2.41. The average molecular weight is 301 g/mol. The van der Waals surface area contributed by atoms with E-state index in [1.165, 1.54) is 77.0 Å². The summed E-state index contributed by atoms with van der Waals surface area (Å²) in [7, 11) is 0. The first-order chi connectivity index (χ1) is 10.7. The second kappa shape index (κ2) is 7.90. The standard InChI is InChI=1S/C22H36/c1-17-3-7-19(8-4-17)9-10-20-11-15-22(16-12-20)21-13-5-18(2)6-14-21/h17-22H,3-8,11-16H2,1-2H3. The Morgan fingerprint density at radius 3 is 1.23 bits per heavy atom. The molecule has 0 radical (unpaired) electrons. The zero-order valence-corrected chi connectivity index (χ0v) is 14.9. The van der Waals surface area contributed by atoms with Gasteiger partial charge in [0.15, 0.2) is 0 Å². The van der Waals surface area contributed by atoms with Gasteiger partial charge in [-0.2, -0.15) is 0 Å². The Bertz CT molecular complexity index is 374. The van der Waals surface area contributed by atoms with Crippen LogP contribution in [0.3, 0.4) is 0 Å². The Kier molecular flexibility index (Phi) is 5.89. The van der Waals surface area contributed by atoms with Crippen LogP contribution in [0.2, 0.25) is 0 Å². The fourth-order valence-electron chi connectivity index (χ4n) is 5.13. The number of hydrogen-bond acceptors (Lipinski definition) is 0. The number of hydrogen-bond donors (Lipinski definition) is 0. The van der Waals surface area contributed by atoms with Crippen molar-refractivity contribution >= 4 is 0 Å². The van der Waals surface area contributed by atoms with Crippen molar-refractivity contribution in [3.63, 3.8) is 0 Å². The van der Waals surface area contributed by atoms with Crippen LogP contribution in [0.15, 0.2) is 0 Å². The molecule has 0 unspecified atom stereocenters. The second-order valence-corrected chi connectivity index (χ2v) is 8.88. The molecule has 0 aromatic rings. The summed E-state index contributed by atoms with van der Waals surface area (Å²) >= 11 is 0. The molecule has 0 saturated heterocycles. The Morgan fingerprint density at radius 2 is 0.773 bits per heavy atom. The minimum absolute atomic E-state index is 0.730. The third-order valence-corrected chi connectivity index (χ3v) is 7.01. The molecule has 0 aromatic carbocycles. The van der Waals surface area contributed by atoms with E-state index in [4.69, 9.17) is 0 Å². The molecular weight excluding hydrogens is 264 g/mol. The molecule has 0 heteroatoms. The zero-order chi connectivity index (χ0) is 15.4. The van der Waals surface area contributed by atoms with Crippen molar-refractivity contribution in [3.05, 3.63) is 0 Å². The van der Waals surface area contributed by atoms with Crippen LogP contribution in [-0.2, 0) is 0 Å². The lowest BCUT2D eigenvalue weighted by molar-refractivity contribution is 0.162. The Morgan fingerprint density at radius 1 is 0.455 bits per heavy atom. The fraction of sp³-hybridized carbons (Fsp3) is 0.909. The molecule has 0 spiro atoms. The Hall–Kier alpha value is -0.440. The van der Waals surface area contributed by atoms with Crippen LogP contribution in [0.1, 0.15) is 90.9 Å². The van der Waals surface area contributed by atoms with Crippen LogP contribution in [0.25, 0.3) is 0 Å². The highest BCUT2D eigenvalue weighted by atomic mass is 14.3. The molecule has 3 aliphatic carbocycles. The van der Waals surface area contributed by atoms with Gasteiger partial charge in [-0.1, -0.05) is 38.5 Å². The molecule has 0 aromatic heterocycles. The zero-order valence-electron chi connectivity index (χ0n) is 14.9. The largest absolute Gasteiger partial charge is 0.0996 e. The van der Waals surface area contributed by atoms with E-state index in [0.29, 0.717) is 0 Å². The average Bonchev–Trinajstić information content (AvgIpc) is 2.56. The van der Waals surface area contributed by atoms with E-state index in [2.05, 4.69) is 25.7 Å². The van der Waals surface area contributed by atoms with Crippen molar-refractivity contribution in [2.45, 2.75) is 90.9 Å². The van der Waals surface area contributed by atoms with E-state index in [0.717, 1.165) is 35.5 Å². The normalized spacial score (nSPS) is 43.2. The van der Waals surface area contributed by atoms with E-state index >= 15 is 0 Å². The lowest BCUT2D eigenvalue weighted by Gasteiger charge is -2.36. The van der Waals surface area contributed by atoms with Gasteiger partial charge in [-0.25, -0.2) is 0 Å². The van der Waals surface area contributed by atoms with Crippen LogP contribution in [0.4, 0.5) is 0 Å². The molecule has 124 valence electrons. The Labute approximate surface area is 138 Å². The summed E-state index contributed by atoms with van der Waals surface area (Å²) in [5.41, 5.74) is 0. The van der Waals surface area contributed by atoms with Crippen molar-refractivity contribution < 1.29 is 0 Å². The summed E-state index contributed by atoms with van der Waals surface area (Å²) in [5, 5.41) is 0. The fourth-order valence-corrected chi connectivity index (χ4v) is 5.13. The molecule has 0 heterocycles. The van der Waals surface area contributed by atoms with Crippen molar-refractivity contribution in [2.75, 3.05) is 0 Å². The van der Waals surface area contributed by atoms with Gasteiger partial charge >= 0.3 is 0 Å². The van der Waals surface area contributed by atoms with E-state index in [1.54, 1.807) is 0 Å². The first kappa shape index (κ1) is 16.4. The smallest absolute Gasteiger partial charge is 0.0203 e. The quantitative estimate of drug-likeness (QED) is 0.488. The molecule has 0 bridgehead atoms. The lowest BCUT2D eigenvalue weighted by atomic mass is 9.69. The van der Waals surface area contributed by atoms with Gasteiger partial charge in [-0.3, -0.25) is 0 Å². The summed E-state index contributed by atoms with van der Waals surface area (Å²) in [6.07, 6.45) is 17.3. The summed E-state index contributed by atoms with van der Waals surface area (Å²) < 4.78 is 0. The first-order valence-electron chi connectivity index (χ1n) is 10.2. The summed E-state index contributed by atoms with van der Waals surface area (Å²) in [6, 6.07) is 0. The molecule has 0 atom stereocenters. The predicted molar refractivity (Wildman–Crippen MR) is 95.5 cm³/mol. The van der Waals surface area contributed by atoms with Gasteiger partial charge < -0.3 is 0 Å². The molecule has 0 N–H and O–H groups in total. The van der Waals surface area contributed by atoms with Gasteiger partial charge in [0.1, 0.15) is 0 Å². The molecule has 3 rings (SSSR count). The second-order valence-electron chi connectivity index (χ2n) is 8.88. The monoisotopic (exact) mass is 300 g/mol. The van der Waals surface area contributed by atoms with Crippen molar-refractivity contribution in [1.29, 1.82) is 0 Å². The summed E-state index contributed by atoms with van der Waals surface area (Å²) in [4.78, 5) is 0. The molecular formula is C22H36. The molecule has 0 nitrogen and oxygen atoms in total. The van der Waals surface area contributed by atoms with Gasteiger partial charge in [0.25, 0.3) is 0 Å². The van der Waals surface area contributed by atoms with Gasteiger partial charge in [0.05, 0.1) is 0 Å². The van der Waals surface area contributed by atoms with E-state index in [-0.39, 0.29) is 0 Å². The maximum atomic E-state index is 3.69. The predicted octanol–water partition coefficient (Wildman–Crippen LogP) is 6.45. The van der Waals surface area contributed by atoms with E-state index in [1.807, 2.05) is 0 Å². The third kappa shape index (κ3) is 4.53. The molecule has 0 amide bonds. The molecule has 3 fully saturated rings. The topological polar surface area (TPSA) is 0 Å². The maximum absolute atomic E-state index is 3.69. The van der Waals surface area contributed by atoms with Gasteiger partial charge in [0, 0.05) is 11.8 Å². The molecule has 0 aliphatic heterocycles. The van der Waals surface area contributed by atoms with Gasteiger partial charge in [-0.05, 0) is 87.9 Å². The summed E-state index contributed by atoms with van der Waals surface area (Å²) in [5.74, 6) is 12.9.